The molecule has 1 aromatic heterocycles. The van der Waals surface area contributed by atoms with E-state index in [2.05, 4.69) is 4.98 Å². The van der Waals surface area contributed by atoms with Crippen LogP contribution in [0.2, 0.25) is 0 Å². The number of nitrogens with zero attached hydrogens (tertiary/aromatic N) is 1. The summed E-state index contributed by atoms with van der Waals surface area (Å²) in [5.41, 5.74) is -0.397. The van der Waals surface area contributed by atoms with Crippen LogP contribution in [0.25, 0.3) is 0 Å². The molecule has 0 radical (unpaired) electrons. The lowest BCUT2D eigenvalue weighted by Crippen LogP contribution is -2.39. The third-order valence-corrected chi connectivity index (χ3v) is 2.85. The smallest absolute Gasteiger partial charge is 0.382 e. The van der Waals surface area contributed by atoms with E-state index in [1.54, 1.807) is 32.4 Å². The summed E-state index contributed by atoms with van der Waals surface area (Å²) in [6, 6.07) is 0. The zero-order chi connectivity index (χ0) is 14.6. The van der Waals surface area contributed by atoms with Crippen molar-refractivity contribution < 1.29 is 19.2 Å². The maximum atomic E-state index is 12.0. The number of H-pyrrole nitrogens is 1. The molecule has 0 aromatic carbocycles. The summed E-state index contributed by atoms with van der Waals surface area (Å²) in [4.78, 5) is 15.1. The van der Waals surface area contributed by atoms with Crippen LogP contribution in [0.5, 0.6) is 0 Å². The summed E-state index contributed by atoms with van der Waals surface area (Å²) in [5.74, 6) is 0.322. The highest BCUT2D eigenvalue weighted by atomic mass is 16.5. The fraction of sp³-hybridized carbons (Fsp3) is 0.615. The molecular weight excluding hydrogens is 246 g/mol. The molecule has 0 unspecified atom stereocenters. The number of aromatic nitrogens is 2. The van der Waals surface area contributed by atoms with Crippen LogP contribution in [-0.4, -0.2) is 28.9 Å². The molecule has 0 fully saturated rings. The number of carbonyl (C=O) groups excluding carboxylic acids is 1. The number of aliphatic hydroxyl groups is 1. The van der Waals surface area contributed by atoms with E-state index in [1.165, 1.54) is 6.21 Å². The molecule has 1 aromatic rings. The first-order chi connectivity index (χ1) is 8.82. The summed E-state index contributed by atoms with van der Waals surface area (Å²) < 4.78 is 6.72. The molecule has 6 nitrogen and oxygen atoms in total. The van der Waals surface area contributed by atoms with Crippen molar-refractivity contribution in [1.29, 1.82) is 5.41 Å². The van der Waals surface area contributed by atoms with E-state index in [0.29, 0.717) is 24.2 Å². The van der Waals surface area contributed by atoms with Crippen molar-refractivity contribution in [2.24, 2.45) is 7.05 Å². The van der Waals surface area contributed by atoms with Gasteiger partial charge in [-0.1, -0.05) is 0 Å². The molecule has 19 heavy (non-hydrogen) atoms. The summed E-state index contributed by atoms with van der Waals surface area (Å²) >= 11 is 0. The van der Waals surface area contributed by atoms with Crippen molar-refractivity contribution in [2.45, 2.75) is 39.2 Å². The second-order valence-electron chi connectivity index (χ2n) is 4.88. The molecule has 6 heteroatoms. The van der Waals surface area contributed by atoms with Gasteiger partial charge < -0.3 is 15.3 Å². The van der Waals surface area contributed by atoms with E-state index in [9.17, 15) is 9.90 Å². The number of hydrogen-bond acceptors (Lipinski definition) is 4. The molecule has 0 spiro atoms. The molecule has 0 saturated carbocycles. The first-order valence-electron chi connectivity index (χ1n) is 6.32. The van der Waals surface area contributed by atoms with Gasteiger partial charge in [0.15, 0.2) is 5.69 Å². The summed E-state index contributed by atoms with van der Waals surface area (Å²) in [6.07, 6.45) is 2.49. The predicted molar refractivity (Wildman–Crippen MR) is 70.3 cm³/mol. The Morgan fingerprint density at radius 2 is 2.21 bits per heavy atom. The van der Waals surface area contributed by atoms with Crippen molar-refractivity contribution in [3.8, 4) is 0 Å². The van der Waals surface area contributed by atoms with Gasteiger partial charge in [0.05, 0.1) is 20.1 Å². The van der Waals surface area contributed by atoms with Gasteiger partial charge in [-0.25, -0.2) is 14.3 Å². The Bertz CT molecular complexity index is 472. The van der Waals surface area contributed by atoms with Gasteiger partial charge in [0.2, 0.25) is 0 Å². The van der Waals surface area contributed by atoms with Crippen LogP contribution < -0.4 is 4.57 Å². The van der Waals surface area contributed by atoms with Crippen molar-refractivity contribution in [3.05, 3.63) is 17.2 Å². The average Bonchev–Trinajstić information content (AvgIpc) is 2.64. The normalized spacial score (nSPS) is 11.4. The van der Waals surface area contributed by atoms with E-state index < -0.39 is 11.6 Å². The Morgan fingerprint density at radius 3 is 2.68 bits per heavy atom. The highest BCUT2D eigenvalue weighted by Crippen LogP contribution is 2.21. The van der Waals surface area contributed by atoms with Gasteiger partial charge in [-0.15, -0.1) is 0 Å². The highest BCUT2D eigenvalue weighted by molar-refractivity contribution is 5.87. The zero-order valence-corrected chi connectivity index (χ0v) is 11.9. The first-order valence-corrected chi connectivity index (χ1v) is 6.32. The van der Waals surface area contributed by atoms with Gasteiger partial charge >= 0.3 is 5.97 Å². The quantitative estimate of drug-likeness (QED) is 0.405. The SMILES string of the molecule is CCOC(=O)c1c(C(C)(C)O)[nH]c(CCC=N)[n+]1C. The Balaban J connectivity index is 3.28. The van der Waals surface area contributed by atoms with Crippen LogP contribution >= 0.6 is 0 Å². The third-order valence-electron chi connectivity index (χ3n) is 2.85. The van der Waals surface area contributed by atoms with E-state index >= 15 is 0 Å². The Morgan fingerprint density at radius 1 is 1.58 bits per heavy atom. The minimum Gasteiger partial charge on any atom is -0.460 e. The molecule has 0 aliphatic carbocycles. The third kappa shape index (κ3) is 3.41. The highest BCUT2D eigenvalue weighted by Gasteiger charge is 2.36. The minimum absolute atomic E-state index is 0.283. The number of rotatable bonds is 6. The molecular formula is C13H22N3O3+. The number of aromatic amines is 1. The second-order valence-corrected chi connectivity index (χ2v) is 4.88. The van der Waals surface area contributed by atoms with Gasteiger partial charge in [-0.2, -0.15) is 0 Å². The molecule has 1 rings (SSSR count). The fourth-order valence-corrected chi connectivity index (χ4v) is 1.91. The van der Waals surface area contributed by atoms with E-state index in [4.69, 9.17) is 10.1 Å². The molecule has 3 N–H and O–H groups in total. The Kier molecular flexibility index (Phi) is 4.83. The topological polar surface area (TPSA) is 90.0 Å². The lowest BCUT2D eigenvalue weighted by molar-refractivity contribution is -0.680. The maximum absolute atomic E-state index is 12.0. The van der Waals surface area contributed by atoms with Crippen LogP contribution in [0, 0.1) is 5.41 Å². The number of aryl methyl sites for hydroxylation is 1. The largest absolute Gasteiger partial charge is 0.460 e. The lowest BCUT2D eigenvalue weighted by atomic mass is 10.0. The van der Waals surface area contributed by atoms with Crippen molar-refractivity contribution in [2.75, 3.05) is 6.61 Å². The zero-order valence-electron chi connectivity index (χ0n) is 11.9. The fourth-order valence-electron chi connectivity index (χ4n) is 1.91. The molecule has 0 aliphatic heterocycles. The number of hydrogen-bond donors (Lipinski definition) is 3. The van der Waals surface area contributed by atoms with Crippen molar-refractivity contribution >= 4 is 12.2 Å². The summed E-state index contributed by atoms with van der Waals surface area (Å²) in [7, 11) is 1.75. The molecule has 0 aliphatic rings. The molecule has 0 atom stereocenters. The molecule has 0 bridgehead atoms. The summed E-state index contributed by atoms with van der Waals surface area (Å²) in [5, 5.41) is 17.2. The van der Waals surface area contributed by atoms with Crippen molar-refractivity contribution in [1.82, 2.24) is 4.98 Å². The van der Waals surface area contributed by atoms with E-state index in [-0.39, 0.29) is 6.61 Å². The van der Waals surface area contributed by atoms with Crippen LogP contribution in [0.4, 0.5) is 0 Å². The van der Waals surface area contributed by atoms with Gasteiger partial charge in [0.25, 0.3) is 11.5 Å². The first kappa shape index (κ1) is 15.4. The number of ether oxygens (including phenoxy) is 1. The summed E-state index contributed by atoms with van der Waals surface area (Å²) in [6.45, 7) is 5.25. The second kappa shape index (κ2) is 5.97. The minimum atomic E-state index is -1.16. The number of imidazole rings is 1. The number of carbonyl (C=O) groups is 1. The van der Waals surface area contributed by atoms with Gasteiger partial charge in [-0.3, -0.25) is 0 Å². The molecule has 0 saturated heterocycles. The average molecular weight is 268 g/mol. The maximum Gasteiger partial charge on any atom is 0.382 e. The van der Waals surface area contributed by atoms with E-state index in [0.717, 1.165) is 5.82 Å². The Labute approximate surface area is 112 Å². The van der Waals surface area contributed by atoms with Crippen LogP contribution in [-0.2, 0) is 23.8 Å². The molecule has 0 amide bonds. The van der Waals surface area contributed by atoms with Crippen LogP contribution in [0.1, 0.15) is 49.2 Å². The van der Waals surface area contributed by atoms with Gasteiger partial charge in [0.1, 0.15) is 5.60 Å². The lowest BCUT2D eigenvalue weighted by Gasteiger charge is -2.12. The number of esters is 1. The monoisotopic (exact) mass is 268 g/mol. The predicted octanol–water partition coefficient (Wildman–Crippen LogP) is 0.825. The Hall–Kier alpha value is -1.69. The van der Waals surface area contributed by atoms with Crippen LogP contribution in [0.15, 0.2) is 0 Å². The van der Waals surface area contributed by atoms with Crippen LogP contribution in [0.3, 0.4) is 0 Å². The van der Waals surface area contributed by atoms with Crippen molar-refractivity contribution in [3.63, 3.8) is 0 Å². The van der Waals surface area contributed by atoms with Gasteiger partial charge in [0, 0.05) is 0 Å². The standard InChI is InChI=1S/C13H21N3O3/c1-5-19-12(17)10-11(13(2,3)18)15-9(16(10)4)7-6-8-14/h8,14,18H,5-7H2,1-4H3/p+1. The molecule has 1 heterocycles. The number of nitrogens with one attached hydrogen (secondary N) is 2. The molecule has 106 valence electrons. The van der Waals surface area contributed by atoms with E-state index in [1.807, 2.05) is 0 Å². The van der Waals surface area contributed by atoms with Gasteiger partial charge in [-0.05, 0) is 33.4 Å².